The molecule has 1 aliphatic rings. The molecule has 4 aromatic rings. The number of allylic oxidation sites excluding steroid dienone is 1. The van der Waals surface area contributed by atoms with E-state index in [1.165, 1.54) is 29.9 Å². The number of hydrogen-bond donors (Lipinski definition) is 0. The number of methoxy groups -OCH3 is 1. The Morgan fingerprint density at radius 3 is 2.61 bits per heavy atom. The van der Waals surface area contributed by atoms with E-state index in [4.69, 9.17) is 25.8 Å². The molecule has 5 rings (SSSR count). The Balaban J connectivity index is 1.64. The van der Waals surface area contributed by atoms with Gasteiger partial charge in [-0.25, -0.2) is 14.2 Å². The summed E-state index contributed by atoms with van der Waals surface area (Å²) in [6.07, 6.45) is 1.41. The lowest BCUT2D eigenvalue weighted by atomic mass is 9.95. The van der Waals surface area contributed by atoms with Gasteiger partial charge in [0.15, 0.2) is 16.3 Å². The standard InChI is InChI=1S/C31H26ClFN2O5S/c1-4-39-30(37)27-18(2)34-31-35(29(36)26(41-31)16-21-22(32)11-8-12-23(21)33)28(27)20-13-14-24(25(15-20)38-3)40-17-19-9-6-5-7-10-19/h5-16,28H,4,17H2,1-3H3/b26-16-. The highest BCUT2D eigenvalue weighted by atomic mass is 35.5. The highest BCUT2D eigenvalue weighted by Gasteiger charge is 2.34. The van der Waals surface area contributed by atoms with Crippen molar-refractivity contribution in [1.82, 2.24) is 4.57 Å². The number of benzene rings is 3. The summed E-state index contributed by atoms with van der Waals surface area (Å²) in [5.41, 5.74) is 1.85. The number of halogens is 2. The van der Waals surface area contributed by atoms with Crippen LogP contribution in [0.4, 0.5) is 4.39 Å². The third kappa shape index (κ3) is 5.68. The van der Waals surface area contributed by atoms with Gasteiger partial charge in [-0.1, -0.05) is 65.4 Å². The lowest BCUT2D eigenvalue weighted by molar-refractivity contribution is -0.139. The molecule has 0 N–H and O–H groups in total. The molecule has 1 atom stereocenters. The minimum absolute atomic E-state index is 0.0962. The summed E-state index contributed by atoms with van der Waals surface area (Å²) in [7, 11) is 1.52. The van der Waals surface area contributed by atoms with Crippen molar-refractivity contribution in [3.63, 3.8) is 0 Å². The predicted molar refractivity (Wildman–Crippen MR) is 156 cm³/mol. The van der Waals surface area contributed by atoms with E-state index in [1.54, 1.807) is 38.1 Å². The van der Waals surface area contributed by atoms with Crippen LogP contribution in [0, 0.1) is 5.82 Å². The molecular formula is C31H26ClFN2O5S. The van der Waals surface area contributed by atoms with Crippen LogP contribution in [0.3, 0.4) is 0 Å². The first-order chi connectivity index (χ1) is 19.8. The molecule has 1 aliphatic heterocycles. The third-order valence-corrected chi connectivity index (χ3v) is 7.85. The topological polar surface area (TPSA) is 79.1 Å². The van der Waals surface area contributed by atoms with Crippen molar-refractivity contribution in [1.29, 1.82) is 0 Å². The summed E-state index contributed by atoms with van der Waals surface area (Å²) in [6, 6.07) is 18.4. The fourth-order valence-corrected chi connectivity index (χ4v) is 5.84. The highest BCUT2D eigenvalue weighted by Crippen LogP contribution is 2.36. The van der Waals surface area contributed by atoms with Crippen LogP contribution >= 0.6 is 22.9 Å². The number of aromatic nitrogens is 1. The third-order valence-electron chi connectivity index (χ3n) is 6.53. The van der Waals surface area contributed by atoms with E-state index < -0.39 is 23.4 Å². The number of rotatable bonds is 8. The molecule has 3 aromatic carbocycles. The molecule has 1 aromatic heterocycles. The molecule has 0 saturated carbocycles. The summed E-state index contributed by atoms with van der Waals surface area (Å²) in [6.45, 7) is 3.88. The Kier molecular flexibility index (Phi) is 8.37. The molecule has 0 fully saturated rings. The Hall–Kier alpha value is -4.21. The second kappa shape index (κ2) is 12.1. The molecule has 0 spiro atoms. The first kappa shape index (κ1) is 28.3. The van der Waals surface area contributed by atoms with E-state index >= 15 is 0 Å². The quantitative estimate of drug-likeness (QED) is 0.264. The van der Waals surface area contributed by atoms with Crippen molar-refractivity contribution in [2.75, 3.05) is 13.7 Å². The zero-order valence-corrected chi connectivity index (χ0v) is 24.1. The maximum atomic E-state index is 14.6. The highest BCUT2D eigenvalue weighted by molar-refractivity contribution is 7.07. The fourth-order valence-electron chi connectivity index (χ4n) is 4.60. The first-order valence-electron chi connectivity index (χ1n) is 12.8. The maximum absolute atomic E-state index is 14.6. The monoisotopic (exact) mass is 592 g/mol. The van der Waals surface area contributed by atoms with Crippen LogP contribution in [0.15, 0.2) is 87.8 Å². The molecule has 2 heterocycles. The van der Waals surface area contributed by atoms with Gasteiger partial charge < -0.3 is 14.2 Å². The van der Waals surface area contributed by atoms with Crippen LogP contribution in [0.2, 0.25) is 5.02 Å². The zero-order chi connectivity index (χ0) is 29.1. The van der Waals surface area contributed by atoms with Crippen molar-refractivity contribution < 1.29 is 23.4 Å². The number of carbonyl (C=O) groups excluding carboxylic acids is 1. The van der Waals surface area contributed by atoms with Crippen LogP contribution in [-0.4, -0.2) is 24.3 Å². The van der Waals surface area contributed by atoms with E-state index in [9.17, 15) is 14.0 Å². The fraction of sp³-hybridized carbons (Fsp3) is 0.194. The minimum atomic E-state index is -0.874. The average Bonchev–Trinajstić information content (AvgIpc) is 3.27. The number of thiazole rings is 1. The molecule has 41 heavy (non-hydrogen) atoms. The second-order valence-electron chi connectivity index (χ2n) is 9.12. The second-order valence-corrected chi connectivity index (χ2v) is 10.5. The van der Waals surface area contributed by atoms with Crippen molar-refractivity contribution in [3.8, 4) is 11.5 Å². The summed E-state index contributed by atoms with van der Waals surface area (Å²) >= 11 is 7.31. The summed E-state index contributed by atoms with van der Waals surface area (Å²) in [4.78, 5) is 31.9. The number of carbonyl (C=O) groups is 1. The van der Waals surface area contributed by atoms with Gasteiger partial charge in [0.2, 0.25) is 0 Å². The average molecular weight is 593 g/mol. The lowest BCUT2D eigenvalue weighted by Gasteiger charge is -2.25. The number of esters is 1. The first-order valence-corrected chi connectivity index (χ1v) is 14.0. The van der Waals surface area contributed by atoms with E-state index in [-0.39, 0.29) is 27.3 Å². The number of ether oxygens (including phenoxy) is 3. The molecule has 1 unspecified atom stereocenters. The lowest BCUT2D eigenvalue weighted by Crippen LogP contribution is -2.40. The molecule has 0 amide bonds. The van der Waals surface area contributed by atoms with Gasteiger partial charge in [-0.15, -0.1) is 0 Å². The molecular weight excluding hydrogens is 567 g/mol. The maximum Gasteiger partial charge on any atom is 0.338 e. The Labute approximate surface area is 244 Å². The summed E-state index contributed by atoms with van der Waals surface area (Å²) in [5.74, 6) is -0.218. The van der Waals surface area contributed by atoms with Crippen LogP contribution in [0.25, 0.3) is 6.08 Å². The van der Waals surface area contributed by atoms with Gasteiger partial charge in [0.25, 0.3) is 5.56 Å². The minimum Gasteiger partial charge on any atom is -0.493 e. The molecule has 0 aliphatic carbocycles. The molecule has 0 radical (unpaired) electrons. The van der Waals surface area contributed by atoms with Gasteiger partial charge in [0, 0.05) is 5.56 Å². The molecule has 7 nitrogen and oxygen atoms in total. The van der Waals surface area contributed by atoms with Gasteiger partial charge in [0.05, 0.1) is 40.6 Å². The van der Waals surface area contributed by atoms with Crippen LogP contribution in [0.5, 0.6) is 11.5 Å². The smallest absolute Gasteiger partial charge is 0.338 e. The van der Waals surface area contributed by atoms with Crippen molar-refractivity contribution in [3.05, 3.63) is 125 Å². The largest absolute Gasteiger partial charge is 0.493 e. The Bertz CT molecular complexity index is 1810. The van der Waals surface area contributed by atoms with Crippen LogP contribution in [0.1, 0.15) is 36.6 Å². The normalized spacial score (nSPS) is 14.9. The number of hydrogen-bond acceptors (Lipinski definition) is 7. The predicted octanol–water partition coefficient (Wildman–Crippen LogP) is 5.18. The van der Waals surface area contributed by atoms with Gasteiger partial charge in [-0.05, 0) is 55.3 Å². The summed E-state index contributed by atoms with van der Waals surface area (Å²) in [5, 5.41) is 0.173. The van der Waals surface area contributed by atoms with E-state index in [0.717, 1.165) is 16.9 Å². The van der Waals surface area contributed by atoms with Crippen LogP contribution in [-0.2, 0) is 16.1 Å². The number of nitrogens with zero attached hydrogens (tertiary/aromatic N) is 2. The van der Waals surface area contributed by atoms with Gasteiger partial charge in [-0.2, -0.15) is 0 Å². The molecule has 0 bridgehead atoms. The SMILES string of the molecule is CCOC(=O)C1=C(C)N=c2s/c(=C\c3c(F)cccc3Cl)c(=O)n2C1c1ccc(OCc2ccccc2)c(OC)c1. The van der Waals surface area contributed by atoms with Gasteiger partial charge in [-0.3, -0.25) is 9.36 Å². The Morgan fingerprint density at radius 1 is 1.12 bits per heavy atom. The molecule has 210 valence electrons. The van der Waals surface area contributed by atoms with Gasteiger partial charge in [0.1, 0.15) is 12.4 Å². The van der Waals surface area contributed by atoms with Crippen molar-refractivity contribution >= 4 is 35.0 Å². The van der Waals surface area contributed by atoms with E-state index in [0.29, 0.717) is 34.2 Å². The van der Waals surface area contributed by atoms with E-state index in [1.807, 2.05) is 30.3 Å². The molecule has 0 saturated heterocycles. The van der Waals surface area contributed by atoms with E-state index in [2.05, 4.69) is 4.99 Å². The number of fused-ring (bicyclic) bond motifs is 1. The summed E-state index contributed by atoms with van der Waals surface area (Å²) < 4.78 is 33.2. The molecule has 10 heteroatoms. The van der Waals surface area contributed by atoms with Crippen molar-refractivity contribution in [2.45, 2.75) is 26.5 Å². The van der Waals surface area contributed by atoms with Gasteiger partial charge >= 0.3 is 5.97 Å². The van der Waals surface area contributed by atoms with Crippen LogP contribution < -0.4 is 24.4 Å². The van der Waals surface area contributed by atoms with Crippen molar-refractivity contribution in [2.24, 2.45) is 4.99 Å². The Morgan fingerprint density at radius 2 is 1.90 bits per heavy atom. The zero-order valence-electron chi connectivity index (χ0n) is 22.5.